The molecule has 0 bridgehead atoms. The number of hydrogen-bond acceptors (Lipinski definition) is 6. The minimum atomic E-state index is -1.35. The van der Waals surface area contributed by atoms with Crippen molar-refractivity contribution in [3.8, 4) is 11.1 Å². The van der Waals surface area contributed by atoms with Crippen LogP contribution in [0.15, 0.2) is 89.7 Å². The zero-order valence-electron chi connectivity index (χ0n) is 28.7. The van der Waals surface area contributed by atoms with Gasteiger partial charge in [0.15, 0.2) is 0 Å². The van der Waals surface area contributed by atoms with Gasteiger partial charge in [-0.25, -0.2) is 0 Å². The van der Waals surface area contributed by atoms with E-state index in [1.165, 1.54) is 23.8 Å². The van der Waals surface area contributed by atoms with Gasteiger partial charge in [0.05, 0.1) is 26.6 Å². The summed E-state index contributed by atoms with van der Waals surface area (Å²) in [4.78, 5) is 29.3. The molecule has 0 fully saturated rings. The molecule has 0 spiro atoms. The Labute approximate surface area is 295 Å². The van der Waals surface area contributed by atoms with Gasteiger partial charge in [0.2, 0.25) is 0 Å². The zero-order valence-corrected chi connectivity index (χ0v) is 30.3. The smallest absolute Gasteiger partial charge is 0.469 e. The number of halogens is 1. The van der Waals surface area contributed by atoms with Gasteiger partial charge < -0.3 is 29.5 Å². The van der Waals surface area contributed by atoms with Gasteiger partial charge in [-0.15, -0.1) is 0 Å². The van der Waals surface area contributed by atoms with E-state index in [1.54, 1.807) is 12.1 Å². The van der Waals surface area contributed by atoms with Crippen molar-refractivity contribution in [2.75, 3.05) is 13.7 Å². The summed E-state index contributed by atoms with van der Waals surface area (Å²) in [6.45, 7) is 10.4. The van der Waals surface area contributed by atoms with Crippen molar-refractivity contribution in [3.63, 3.8) is 0 Å². The van der Waals surface area contributed by atoms with Crippen LogP contribution in [0.4, 0.5) is 0 Å². The number of carbonyl (C=O) groups is 2. The second-order valence-corrected chi connectivity index (χ2v) is 12.7. The lowest BCUT2D eigenvalue weighted by Gasteiger charge is -2.07. The molecular formula is C39H42BBrN2O6. The molecule has 10 heteroatoms. The number of carbonyl (C=O) groups excluding carboxylic acids is 2. The molecule has 0 amide bonds. The molecule has 4 aromatic carbocycles. The van der Waals surface area contributed by atoms with Crippen LogP contribution >= 0.6 is 15.9 Å². The van der Waals surface area contributed by atoms with Gasteiger partial charge in [-0.1, -0.05) is 58.4 Å². The first kappa shape index (κ1) is 37.2. The number of nitrogens with one attached hydrogen (secondary N) is 2. The van der Waals surface area contributed by atoms with E-state index in [1.807, 2.05) is 57.4 Å². The number of esters is 2. The highest BCUT2D eigenvalue weighted by atomic mass is 79.9. The monoisotopic (exact) mass is 724 g/mol. The van der Waals surface area contributed by atoms with Gasteiger partial charge in [-0.3, -0.25) is 9.59 Å². The molecule has 0 saturated heterocycles. The van der Waals surface area contributed by atoms with Crippen molar-refractivity contribution in [1.82, 2.24) is 9.97 Å². The van der Waals surface area contributed by atoms with E-state index in [4.69, 9.17) is 14.8 Å². The number of rotatable bonds is 7. The molecule has 0 radical (unpaired) electrons. The van der Waals surface area contributed by atoms with Crippen molar-refractivity contribution >= 4 is 62.3 Å². The van der Waals surface area contributed by atoms with Gasteiger partial charge >= 0.3 is 19.1 Å². The van der Waals surface area contributed by atoms with E-state index in [9.17, 15) is 9.59 Å². The van der Waals surface area contributed by atoms with Crippen LogP contribution in [0.2, 0.25) is 0 Å². The quantitative estimate of drug-likeness (QED) is 0.102. The SMILES string of the molecule is CCOC(=O)Cc1c[nH]c2ccc(-c3ccc(C)c(C)c3)cc12.COC(=O)Cc1c[nH]c2ccc(Br)cc12.Cc1ccc(B(O)O)cc1C. The third kappa shape index (κ3) is 9.95. The van der Waals surface area contributed by atoms with Gasteiger partial charge in [-0.2, -0.15) is 0 Å². The number of hydrogen-bond donors (Lipinski definition) is 4. The number of aryl methyl sites for hydroxylation is 4. The van der Waals surface area contributed by atoms with Crippen LogP contribution in [-0.2, 0) is 31.9 Å². The van der Waals surface area contributed by atoms with Crippen molar-refractivity contribution in [2.24, 2.45) is 0 Å². The number of aromatic amines is 2. The Morgan fingerprint density at radius 2 is 1.22 bits per heavy atom. The molecule has 2 aromatic heterocycles. The Balaban J connectivity index is 0.000000179. The molecule has 254 valence electrons. The fourth-order valence-electron chi connectivity index (χ4n) is 5.24. The highest BCUT2D eigenvalue weighted by Gasteiger charge is 2.12. The lowest BCUT2D eigenvalue weighted by atomic mass is 9.79. The lowest BCUT2D eigenvalue weighted by molar-refractivity contribution is -0.142. The molecular weight excluding hydrogens is 683 g/mol. The first-order chi connectivity index (χ1) is 23.4. The number of fused-ring (bicyclic) bond motifs is 2. The average Bonchev–Trinajstić information content (AvgIpc) is 3.67. The third-order valence-electron chi connectivity index (χ3n) is 8.37. The van der Waals surface area contributed by atoms with Crippen LogP contribution in [0.5, 0.6) is 0 Å². The first-order valence-electron chi connectivity index (χ1n) is 16.0. The molecule has 49 heavy (non-hydrogen) atoms. The van der Waals surface area contributed by atoms with Crippen molar-refractivity contribution < 1.29 is 29.1 Å². The van der Waals surface area contributed by atoms with Crippen molar-refractivity contribution in [1.29, 1.82) is 0 Å². The second-order valence-electron chi connectivity index (χ2n) is 11.8. The Morgan fingerprint density at radius 1 is 0.694 bits per heavy atom. The Bertz CT molecular complexity index is 2070. The number of aromatic nitrogens is 2. The molecule has 0 aliphatic carbocycles. The van der Waals surface area contributed by atoms with Crippen LogP contribution < -0.4 is 5.46 Å². The molecule has 6 aromatic rings. The molecule has 0 atom stereocenters. The minimum Gasteiger partial charge on any atom is -0.469 e. The summed E-state index contributed by atoms with van der Waals surface area (Å²) < 4.78 is 10.7. The highest BCUT2D eigenvalue weighted by molar-refractivity contribution is 9.10. The summed E-state index contributed by atoms with van der Waals surface area (Å²) in [6.07, 6.45) is 4.33. The number of benzene rings is 4. The largest absolute Gasteiger partial charge is 0.488 e. The van der Waals surface area contributed by atoms with Crippen LogP contribution in [0, 0.1) is 27.7 Å². The van der Waals surface area contributed by atoms with E-state index in [-0.39, 0.29) is 11.9 Å². The molecule has 0 aliphatic heterocycles. The highest BCUT2D eigenvalue weighted by Crippen LogP contribution is 2.28. The van der Waals surface area contributed by atoms with Crippen molar-refractivity contribution in [2.45, 2.75) is 47.5 Å². The summed E-state index contributed by atoms with van der Waals surface area (Å²) in [5, 5.41) is 19.7. The van der Waals surface area contributed by atoms with Gasteiger partial charge in [0, 0.05) is 38.7 Å². The lowest BCUT2D eigenvalue weighted by Crippen LogP contribution is -2.29. The Hall–Kier alpha value is -4.64. The fraction of sp³-hybridized carbons (Fsp3) is 0.231. The predicted molar refractivity (Wildman–Crippen MR) is 201 cm³/mol. The molecule has 0 aliphatic rings. The first-order valence-corrected chi connectivity index (χ1v) is 16.8. The second kappa shape index (κ2) is 17.2. The standard InChI is InChI=1S/C20H21NO2.C11H10BrNO2.C8H11BO2/c1-4-23-20(22)11-17-12-21-19-8-7-16(10-18(17)19)15-6-5-13(2)14(3)9-15;1-15-11(14)4-7-6-13-10-3-2-8(12)5-9(7)10;1-6-3-4-8(9(10)11)5-7(6)2/h5-10,12,21H,4,11H2,1-3H3;2-3,5-6,13H,4H2,1H3;3-5,10-11H,1-2H3. The van der Waals surface area contributed by atoms with E-state index in [0.29, 0.717) is 24.9 Å². The van der Waals surface area contributed by atoms with Crippen LogP contribution in [0.25, 0.3) is 32.9 Å². The van der Waals surface area contributed by atoms with E-state index in [0.717, 1.165) is 54.1 Å². The van der Waals surface area contributed by atoms with E-state index < -0.39 is 7.12 Å². The number of ether oxygens (including phenoxy) is 2. The Kier molecular flexibility index (Phi) is 13.0. The molecule has 2 heterocycles. The topological polar surface area (TPSA) is 125 Å². The summed E-state index contributed by atoms with van der Waals surface area (Å²) >= 11 is 3.40. The average molecular weight is 725 g/mol. The summed E-state index contributed by atoms with van der Waals surface area (Å²) in [5.41, 5.74) is 11.7. The zero-order chi connectivity index (χ0) is 35.7. The maximum absolute atomic E-state index is 11.8. The van der Waals surface area contributed by atoms with Crippen molar-refractivity contribution in [3.05, 3.63) is 123 Å². The van der Waals surface area contributed by atoms with Gasteiger partial charge in [-0.05, 0) is 115 Å². The molecule has 0 unspecified atom stereocenters. The van der Waals surface area contributed by atoms with E-state index in [2.05, 4.69) is 80.9 Å². The predicted octanol–water partition coefficient (Wildman–Crippen LogP) is 7.19. The van der Waals surface area contributed by atoms with Gasteiger partial charge in [0.1, 0.15) is 0 Å². The Morgan fingerprint density at radius 3 is 1.80 bits per heavy atom. The maximum atomic E-state index is 11.8. The number of methoxy groups -OCH3 is 1. The normalized spacial score (nSPS) is 10.6. The summed E-state index contributed by atoms with van der Waals surface area (Å²) in [5.74, 6) is -0.416. The molecule has 6 rings (SSSR count). The van der Waals surface area contributed by atoms with Crippen LogP contribution in [-0.4, -0.2) is 52.8 Å². The number of H-pyrrole nitrogens is 2. The molecule has 8 nitrogen and oxygen atoms in total. The molecule has 4 N–H and O–H groups in total. The molecule has 0 saturated carbocycles. The minimum absolute atomic E-state index is 0.190. The summed E-state index contributed by atoms with van der Waals surface area (Å²) in [6, 6.07) is 24.1. The maximum Gasteiger partial charge on any atom is 0.488 e. The van der Waals surface area contributed by atoms with Crippen LogP contribution in [0.3, 0.4) is 0 Å². The van der Waals surface area contributed by atoms with Crippen LogP contribution in [0.1, 0.15) is 40.3 Å². The summed E-state index contributed by atoms with van der Waals surface area (Å²) in [7, 11) is 0.0434. The van der Waals surface area contributed by atoms with E-state index >= 15 is 0 Å². The third-order valence-corrected chi connectivity index (χ3v) is 8.86. The van der Waals surface area contributed by atoms with Gasteiger partial charge in [0.25, 0.3) is 0 Å². The fourth-order valence-corrected chi connectivity index (χ4v) is 5.60.